The number of benzene rings is 5. The molecule has 0 saturated heterocycles. The standard InChI is InChI=1S/C31H27NP2/c1-6-16-27(17-7-1)32-34(30-22-12-4-13-23-30,31-24-14-5-15-25-31)26-33(28-18-8-2-9-19-28)29-20-10-3-11-21-29/h1-25H,26H2. The molecule has 166 valence electrons. The second-order valence-electron chi connectivity index (χ2n) is 8.12. The highest BCUT2D eigenvalue weighted by atomic mass is 31.2. The second-order valence-corrected chi connectivity index (χ2v) is 13.9. The SMILES string of the molecule is c1ccc(N=P(CP(c2ccccc2)c2ccccc2)(c2ccccc2)c2ccccc2)cc1. The van der Waals surface area contributed by atoms with Crippen LogP contribution < -0.4 is 21.2 Å². The summed E-state index contributed by atoms with van der Waals surface area (Å²) in [4.78, 5) is 0. The maximum absolute atomic E-state index is 5.65. The molecule has 0 amide bonds. The summed E-state index contributed by atoms with van der Waals surface area (Å²) in [6.07, 6.45) is 0. The number of nitrogens with zero attached hydrogens (tertiary/aromatic N) is 1. The summed E-state index contributed by atoms with van der Waals surface area (Å²) in [6.45, 7) is 0. The first-order valence-electron chi connectivity index (χ1n) is 11.5. The molecule has 0 aliphatic rings. The summed E-state index contributed by atoms with van der Waals surface area (Å²) in [5, 5.41) is 5.43. The van der Waals surface area contributed by atoms with Gasteiger partial charge in [-0.15, -0.1) is 0 Å². The molecule has 0 N–H and O–H groups in total. The monoisotopic (exact) mass is 475 g/mol. The van der Waals surface area contributed by atoms with Crippen LogP contribution in [0.1, 0.15) is 0 Å². The first kappa shape index (κ1) is 22.5. The summed E-state index contributed by atoms with van der Waals surface area (Å²) < 4.78 is 5.65. The van der Waals surface area contributed by atoms with Crippen LogP contribution in [-0.4, -0.2) is 5.90 Å². The van der Waals surface area contributed by atoms with Gasteiger partial charge in [0, 0.05) is 13.0 Å². The Balaban J connectivity index is 1.79. The molecule has 3 heteroatoms. The van der Waals surface area contributed by atoms with Gasteiger partial charge in [0.2, 0.25) is 0 Å². The Hall–Kier alpha value is -3.24. The maximum atomic E-state index is 5.65. The van der Waals surface area contributed by atoms with Crippen LogP contribution in [0.5, 0.6) is 0 Å². The van der Waals surface area contributed by atoms with Crippen molar-refractivity contribution in [1.82, 2.24) is 0 Å². The van der Waals surface area contributed by atoms with Gasteiger partial charge in [0.15, 0.2) is 0 Å². The summed E-state index contributed by atoms with van der Waals surface area (Å²) >= 11 is 0. The van der Waals surface area contributed by atoms with Crippen LogP contribution in [0.25, 0.3) is 0 Å². The molecular weight excluding hydrogens is 448 g/mol. The third-order valence-electron chi connectivity index (χ3n) is 5.89. The fraction of sp³-hybridized carbons (Fsp3) is 0.0323. The van der Waals surface area contributed by atoms with Crippen LogP contribution in [-0.2, 0) is 0 Å². The summed E-state index contributed by atoms with van der Waals surface area (Å²) in [7, 11) is -2.78. The topological polar surface area (TPSA) is 12.4 Å². The molecule has 0 heterocycles. The Morgan fingerprint density at radius 2 is 0.794 bits per heavy atom. The number of rotatable bonds is 7. The van der Waals surface area contributed by atoms with Crippen LogP contribution in [0.15, 0.2) is 156 Å². The van der Waals surface area contributed by atoms with Gasteiger partial charge in [-0.25, -0.2) is 0 Å². The van der Waals surface area contributed by atoms with E-state index in [4.69, 9.17) is 4.74 Å². The van der Waals surface area contributed by atoms with E-state index in [-0.39, 0.29) is 0 Å². The first-order chi connectivity index (χ1) is 16.9. The highest BCUT2D eigenvalue weighted by Crippen LogP contribution is 2.58. The van der Waals surface area contributed by atoms with Gasteiger partial charge in [0.1, 0.15) is 0 Å². The lowest BCUT2D eigenvalue weighted by atomic mass is 10.3. The number of hydrogen-bond donors (Lipinski definition) is 0. The predicted octanol–water partition coefficient (Wildman–Crippen LogP) is 7.26. The zero-order valence-electron chi connectivity index (χ0n) is 19.0. The Morgan fingerprint density at radius 3 is 1.21 bits per heavy atom. The molecule has 5 aromatic rings. The van der Waals surface area contributed by atoms with E-state index in [0.29, 0.717) is 0 Å². The minimum Gasteiger partial charge on any atom is -0.258 e. The Kier molecular flexibility index (Phi) is 7.16. The largest absolute Gasteiger partial charge is 0.258 e. The minimum absolute atomic E-state index is 0.627. The lowest BCUT2D eigenvalue weighted by molar-refractivity contribution is 1.54. The van der Waals surface area contributed by atoms with Crippen molar-refractivity contribution >= 4 is 41.9 Å². The van der Waals surface area contributed by atoms with E-state index in [9.17, 15) is 0 Å². The van der Waals surface area contributed by atoms with Crippen molar-refractivity contribution in [3.63, 3.8) is 0 Å². The van der Waals surface area contributed by atoms with E-state index in [0.717, 1.165) is 11.6 Å². The highest BCUT2D eigenvalue weighted by Gasteiger charge is 2.30. The van der Waals surface area contributed by atoms with Crippen molar-refractivity contribution in [1.29, 1.82) is 0 Å². The van der Waals surface area contributed by atoms with Crippen LogP contribution in [0.4, 0.5) is 5.69 Å². The van der Waals surface area contributed by atoms with Gasteiger partial charge in [-0.2, -0.15) is 0 Å². The normalized spacial score (nSPS) is 11.3. The molecule has 5 rings (SSSR count). The van der Waals surface area contributed by atoms with E-state index in [2.05, 4.69) is 152 Å². The van der Waals surface area contributed by atoms with Gasteiger partial charge in [-0.05, 0) is 41.3 Å². The second kappa shape index (κ2) is 10.8. The molecule has 0 atom stereocenters. The zero-order chi connectivity index (χ0) is 23.1. The highest BCUT2D eigenvalue weighted by molar-refractivity contribution is 7.92. The van der Waals surface area contributed by atoms with E-state index in [1.165, 1.54) is 21.2 Å². The van der Waals surface area contributed by atoms with Gasteiger partial charge in [-0.3, -0.25) is 4.74 Å². The molecule has 0 aliphatic carbocycles. The Morgan fingerprint density at radius 1 is 0.441 bits per heavy atom. The van der Waals surface area contributed by atoms with E-state index in [1.807, 2.05) is 0 Å². The maximum Gasteiger partial charge on any atom is 0.0621 e. The molecule has 0 saturated carbocycles. The third kappa shape index (κ3) is 4.97. The van der Waals surface area contributed by atoms with Crippen molar-refractivity contribution in [2.75, 3.05) is 5.90 Å². The molecule has 1 nitrogen and oxygen atoms in total. The van der Waals surface area contributed by atoms with E-state index in [1.54, 1.807) is 0 Å². The van der Waals surface area contributed by atoms with Crippen LogP contribution >= 0.6 is 15.0 Å². The molecule has 5 aromatic carbocycles. The van der Waals surface area contributed by atoms with Crippen molar-refractivity contribution in [3.8, 4) is 0 Å². The van der Waals surface area contributed by atoms with Crippen LogP contribution in [0.3, 0.4) is 0 Å². The Bertz CT molecular complexity index is 1270. The molecule has 0 fully saturated rings. The van der Waals surface area contributed by atoms with Gasteiger partial charge in [0.25, 0.3) is 0 Å². The van der Waals surface area contributed by atoms with Gasteiger partial charge >= 0.3 is 0 Å². The van der Waals surface area contributed by atoms with Crippen molar-refractivity contribution in [3.05, 3.63) is 152 Å². The third-order valence-corrected chi connectivity index (χ3v) is 13.4. The molecular formula is C31H27NP2. The molecule has 0 aromatic heterocycles. The molecule has 0 unspecified atom stereocenters. The van der Waals surface area contributed by atoms with E-state index >= 15 is 0 Å². The van der Waals surface area contributed by atoms with Crippen molar-refractivity contribution < 1.29 is 0 Å². The zero-order valence-corrected chi connectivity index (χ0v) is 20.8. The quantitative estimate of drug-likeness (QED) is 0.220. The van der Waals surface area contributed by atoms with Gasteiger partial charge in [-0.1, -0.05) is 140 Å². The van der Waals surface area contributed by atoms with Gasteiger partial charge in [0.05, 0.1) is 5.69 Å². The van der Waals surface area contributed by atoms with Crippen molar-refractivity contribution in [2.45, 2.75) is 0 Å². The lowest BCUT2D eigenvalue weighted by Crippen LogP contribution is -2.23. The molecule has 0 spiro atoms. The molecule has 34 heavy (non-hydrogen) atoms. The van der Waals surface area contributed by atoms with Gasteiger partial charge < -0.3 is 0 Å². The lowest BCUT2D eigenvalue weighted by Gasteiger charge is -2.31. The summed E-state index contributed by atoms with van der Waals surface area (Å²) in [5.41, 5.74) is 1.04. The molecule has 0 bridgehead atoms. The fourth-order valence-electron chi connectivity index (χ4n) is 4.23. The molecule has 0 radical (unpaired) electrons. The van der Waals surface area contributed by atoms with Crippen LogP contribution in [0.2, 0.25) is 0 Å². The van der Waals surface area contributed by atoms with E-state index < -0.39 is 15.0 Å². The summed E-state index contributed by atoms with van der Waals surface area (Å²) in [6, 6.07) is 54.4. The predicted molar refractivity (Wildman–Crippen MR) is 152 cm³/mol. The Labute approximate surface area is 204 Å². The first-order valence-corrected chi connectivity index (χ1v) is 15.0. The van der Waals surface area contributed by atoms with Crippen molar-refractivity contribution in [2.24, 2.45) is 4.74 Å². The minimum atomic E-state index is -2.16. The number of hydrogen-bond acceptors (Lipinski definition) is 1. The average Bonchev–Trinajstić information content (AvgIpc) is 2.93. The average molecular weight is 476 g/mol. The summed E-state index contributed by atoms with van der Waals surface area (Å²) in [5.74, 6) is 0.985. The smallest absolute Gasteiger partial charge is 0.0621 e. The fourth-order valence-corrected chi connectivity index (χ4v) is 12.5. The molecule has 0 aliphatic heterocycles. The van der Waals surface area contributed by atoms with Crippen LogP contribution in [0, 0.1) is 0 Å².